The topological polar surface area (TPSA) is 62.3 Å². The fourth-order valence-corrected chi connectivity index (χ4v) is 4.86. The first-order chi connectivity index (χ1) is 15.6. The molecule has 0 atom stereocenters. The number of nitrogens with one attached hydrogen (secondary N) is 2. The first-order valence-corrected chi connectivity index (χ1v) is 12.0. The smallest absolute Gasteiger partial charge is 0.225 e. The lowest BCUT2D eigenvalue weighted by Crippen LogP contribution is -2.37. The average Bonchev–Trinajstić information content (AvgIpc) is 2.82. The van der Waals surface area contributed by atoms with E-state index >= 15 is 0 Å². The van der Waals surface area contributed by atoms with E-state index in [0.717, 1.165) is 55.3 Å². The molecule has 2 N–H and O–H groups in total. The minimum Gasteiger partial charge on any atom is -0.496 e. The molecule has 2 aromatic rings. The second-order valence-electron chi connectivity index (χ2n) is 9.14. The van der Waals surface area contributed by atoms with Crippen LogP contribution in [-0.4, -0.2) is 49.8 Å². The lowest BCUT2D eigenvalue weighted by molar-refractivity contribution is 0.363. The standard InChI is InChI=1S/C26H37N5O/c1-31(2)25-22-11-5-6-12-23(22)29-26(30-25)28-21-16-14-20(15-17-21)27-18-8-10-19-9-4-7-13-24(19)32-3/h4,7-10,13,20-21,27H,5-6,11-12,14-18H2,1-3H3,(H,28,29,30)/b10-8+. The summed E-state index contributed by atoms with van der Waals surface area (Å²) in [6, 6.07) is 9.13. The van der Waals surface area contributed by atoms with Crippen LogP contribution in [0.15, 0.2) is 30.3 Å². The van der Waals surface area contributed by atoms with Gasteiger partial charge in [-0.05, 0) is 57.4 Å². The lowest BCUT2D eigenvalue weighted by Gasteiger charge is -2.30. The van der Waals surface area contributed by atoms with Crippen molar-refractivity contribution in [2.45, 2.75) is 63.5 Å². The van der Waals surface area contributed by atoms with Crippen LogP contribution in [0.25, 0.3) is 6.08 Å². The number of fused-ring (bicyclic) bond motifs is 1. The molecule has 1 aromatic heterocycles. The summed E-state index contributed by atoms with van der Waals surface area (Å²) in [5, 5.41) is 7.33. The van der Waals surface area contributed by atoms with Crippen molar-refractivity contribution in [3.63, 3.8) is 0 Å². The van der Waals surface area contributed by atoms with Crippen LogP contribution in [0.5, 0.6) is 5.75 Å². The molecule has 6 nitrogen and oxygen atoms in total. The van der Waals surface area contributed by atoms with E-state index in [-0.39, 0.29) is 0 Å². The molecule has 2 aliphatic carbocycles. The molecule has 0 spiro atoms. The molecule has 1 heterocycles. The van der Waals surface area contributed by atoms with Gasteiger partial charge in [-0.15, -0.1) is 0 Å². The molecule has 1 fully saturated rings. The summed E-state index contributed by atoms with van der Waals surface area (Å²) < 4.78 is 5.41. The van der Waals surface area contributed by atoms with Gasteiger partial charge in [-0.3, -0.25) is 0 Å². The van der Waals surface area contributed by atoms with Crippen molar-refractivity contribution in [2.24, 2.45) is 0 Å². The summed E-state index contributed by atoms with van der Waals surface area (Å²) in [4.78, 5) is 11.9. The van der Waals surface area contributed by atoms with Gasteiger partial charge in [-0.1, -0.05) is 30.4 Å². The summed E-state index contributed by atoms with van der Waals surface area (Å²) >= 11 is 0. The Labute approximate surface area is 192 Å². The number of hydrogen-bond acceptors (Lipinski definition) is 6. The molecule has 1 aromatic carbocycles. The zero-order chi connectivity index (χ0) is 22.3. The van der Waals surface area contributed by atoms with Crippen molar-refractivity contribution in [1.82, 2.24) is 15.3 Å². The van der Waals surface area contributed by atoms with Crippen molar-refractivity contribution in [1.29, 1.82) is 0 Å². The molecule has 0 saturated heterocycles. The van der Waals surface area contributed by atoms with Crippen LogP contribution >= 0.6 is 0 Å². The third-order valence-electron chi connectivity index (χ3n) is 6.61. The maximum Gasteiger partial charge on any atom is 0.225 e. The van der Waals surface area contributed by atoms with Crippen molar-refractivity contribution in [3.8, 4) is 5.75 Å². The molecule has 32 heavy (non-hydrogen) atoms. The van der Waals surface area contributed by atoms with Gasteiger partial charge in [0.1, 0.15) is 11.6 Å². The number of nitrogens with zero attached hydrogens (tertiary/aromatic N) is 3. The van der Waals surface area contributed by atoms with Crippen LogP contribution < -0.4 is 20.3 Å². The molecular weight excluding hydrogens is 398 g/mol. The van der Waals surface area contributed by atoms with Crippen molar-refractivity contribution < 1.29 is 4.74 Å². The van der Waals surface area contributed by atoms with Gasteiger partial charge in [-0.2, -0.15) is 4.98 Å². The van der Waals surface area contributed by atoms with Gasteiger partial charge in [0, 0.05) is 43.9 Å². The first-order valence-electron chi connectivity index (χ1n) is 12.0. The van der Waals surface area contributed by atoms with Gasteiger partial charge in [0.15, 0.2) is 0 Å². The van der Waals surface area contributed by atoms with Gasteiger partial charge in [-0.25, -0.2) is 4.98 Å². The quantitative estimate of drug-likeness (QED) is 0.639. The van der Waals surface area contributed by atoms with E-state index in [4.69, 9.17) is 14.7 Å². The molecule has 1 saturated carbocycles. The predicted molar refractivity (Wildman–Crippen MR) is 133 cm³/mol. The van der Waals surface area contributed by atoms with Crippen LogP contribution in [0.3, 0.4) is 0 Å². The Balaban J connectivity index is 1.26. The molecule has 2 aliphatic rings. The summed E-state index contributed by atoms with van der Waals surface area (Å²) in [5.74, 6) is 2.82. The van der Waals surface area contributed by atoms with Gasteiger partial charge in [0.05, 0.1) is 12.8 Å². The SMILES string of the molecule is COc1ccccc1/C=C/CNC1CCC(Nc2nc3c(c(N(C)C)n2)CCCC3)CC1. The number of methoxy groups -OCH3 is 1. The maximum absolute atomic E-state index is 5.41. The fraction of sp³-hybridized carbons (Fsp3) is 0.538. The van der Waals surface area contributed by atoms with Crippen LogP contribution in [0.1, 0.15) is 55.3 Å². The third-order valence-corrected chi connectivity index (χ3v) is 6.61. The number of rotatable bonds is 8. The summed E-state index contributed by atoms with van der Waals surface area (Å²) in [5.41, 5.74) is 3.71. The monoisotopic (exact) mass is 435 g/mol. The average molecular weight is 436 g/mol. The number of ether oxygens (including phenoxy) is 1. The zero-order valence-corrected chi connectivity index (χ0v) is 19.7. The third kappa shape index (κ3) is 5.60. The second kappa shape index (κ2) is 10.8. The van der Waals surface area contributed by atoms with Crippen LogP contribution in [-0.2, 0) is 12.8 Å². The predicted octanol–water partition coefficient (Wildman–Crippen LogP) is 4.46. The first kappa shape index (κ1) is 22.6. The number of benzene rings is 1. The molecular formula is C26H37N5O. The highest BCUT2D eigenvalue weighted by atomic mass is 16.5. The van der Waals surface area contributed by atoms with Crippen LogP contribution in [0.2, 0.25) is 0 Å². The highest BCUT2D eigenvalue weighted by molar-refractivity contribution is 5.57. The van der Waals surface area contributed by atoms with Crippen molar-refractivity contribution in [3.05, 3.63) is 47.2 Å². The lowest BCUT2D eigenvalue weighted by atomic mass is 9.91. The molecule has 0 radical (unpaired) electrons. The zero-order valence-electron chi connectivity index (χ0n) is 19.7. The number of para-hydroxylation sites is 1. The fourth-order valence-electron chi connectivity index (χ4n) is 4.86. The van der Waals surface area contributed by atoms with E-state index in [1.165, 1.54) is 36.9 Å². The van der Waals surface area contributed by atoms with E-state index in [1.54, 1.807) is 7.11 Å². The molecule has 6 heteroatoms. The Bertz CT molecular complexity index is 918. The van der Waals surface area contributed by atoms with Crippen LogP contribution in [0.4, 0.5) is 11.8 Å². The molecule has 0 unspecified atom stereocenters. The van der Waals surface area contributed by atoms with E-state index in [9.17, 15) is 0 Å². The highest BCUT2D eigenvalue weighted by Crippen LogP contribution is 2.29. The van der Waals surface area contributed by atoms with Crippen molar-refractivity contribution in [2.75, 3.05) is 38.0 Å². The second-order valence-corrected chi connectivity index (χ2v) is 9.14. The van der Waals surface area contributed by atoms with Crippen molar-refractivity contribution >= 4 is 17.8 Å². The van der Waals surface area contributed by atoms with Gasteiger partial charge >= 0.3 is 0 Å². The molecule has 4 rings (SSSR count). The van der Waals surface area contributed by atoms with E-state index < -0.39 is 0 Å². The molecule has 0 aliphatic heterocycles. The van der Waals surface area contributed by atoms with E-state index in [1.807, 2.05) is 18.2 Å². The summed E-state index contributed by atoms with van der Waals surface area (Å²) in [7, 11) is 5.88. The molecule has 172 valence electrons. The largest absolute Gasteiger partial charge is 0.496 e. The Morgan fingerprint density at radius 1 is 1.03 bits per heavy atom. The molecule has 0 bridgehead atoms. The Morgan fingerprint density at radius 2 is 1.78 bits per heavy atom. The van der Waals surface area contributed by atoms with E-state index in [2.05, 4.69) is 47.8 Å². The minimum absolute atomic E-state index is 0.453. The number of aromatic nitrogens is 2. The number of hydrogen-bond donors (Lipinski definition) is 2. The van der Waals surface area contributed by atoms with Gasteiger partial charge in [0.25, 0.3) is 0 Å². The number of anilines is 2. The van der Waals surface area contributed by atoms with Crippen LogP contribution in [0, 0.1) is 0 Å². The highest BCUT2D eigenvalue weighted by Gasteiger charge is 2.23. The minimum atomic E-state index is 0.453. The summed E-state index contributed by atoms with van der Waals surface area (Å²) in [6.07, 6.45) is 13.6. The summed E-state index contributed by atoms with van der Waals surface area (Å²) in [6.45, 7) is 0.876. The van der Waals surface area contributed by atoms with E-state index in [0.29, 0.717) is 12.1 Å². The van der Waals surface area contributed by atoms with Gasteiger partial charge in [0.2, 0.25) is 5.95 Å². The molecule has 0 amide bonds. The van der Waals surface area contributed by atoms with Gasteiger partial charge < -0.3 is 20.3 Å². The Morgan fingerprint density at radius 3 is 2.56 bits per heavy atom. The normalized spacial score (nSPS) is 20.7. The Kier molecular flexibility index (Phi) is 7.63. The maximum atomic E-state index is 5.41. The Hall–Kier alpha value is -2.60. The number of aryl methyl sites for hydroxylation is 1.